The maximum Gasteiger partial charge on any atom is 0.255 e. The Balaban J connectivity index is 1.77. The predicted octanol–water partition coefficient (Wildman–Crippen LogP) is 1.81. The lowest BCUT2D eigenvalue weighted by molar-refractivity contribution is -0.157. The molecule has 0 aromatic rings. The minimum Gasteiger partial charge on any atom is -0.379 e. The van der Waals surface area contributed by atoms with Gasteiger partial charge in [-0.25, -0.2) is 0 Å². The Kier molecular flexibility index (Phi) is 7.47. The number of nitrogens with one attached hydrogen (secondary N) is 2. The Morgan fingerprint density at radius 3 is 2.58 bits per heavy atom. The molecule has 0 spiro atoms. The summed E-state index contributed by atoms with van der Waals surface area (Å²) in [5.41, 5.74) is -1.67. The number of aliphatic hydroxyl groups is 1. The van der Waals surface area contributed by atoms with E-state index < -0.39 is 5.60 Å². The van der Waals surface area contributed by atoms with Crippen molar-refractivity contribution in [3.63, 3.8) is 0 Å². The number of carbonyl (C=O) groups is 2. The monoisotopic (exact) mass is 367 g/mol. The number of amides is 2. The second-order valence-corrected chi connectivity index (χ2v) is 9.12. The molecular formula is C20H37N3O3. The molecule has 2 amide bonds. The van der Waals surface area contributed by atoms with Gasteiger partial charge in [0.15, 0.2) is 5.60 Å². The Bertz CT molecular complexity index is 483. The van der Waals surface area contributed by atoms with Crippen molar-refractivity contribution in [2.75, 3.05) is 26.2 Å². The van der Waals surface area contributed by atoms with Gasteiger partial charge in [-0.3, -0.25) is 9.59 Å². The molecule has 2 aliphatic rings. The Morgan fingerprint density at radius 1 is 1.23 bits per heavy atom. The van der Waals surface area contributed by atoms with E-state index in [4.69, 9.17) is 0 Å². The number of piperidine rings is 1. The van der Waals surface area contributed by atoms with Gasteiger partial charge in [0.1, 0.15) is 0 Å². The summed E-state index contributed by atoms with van der Waals surface area (Å²) in [6.45, 7) is 7.49. The summed E-state index contributed by atoms with van der Waals surface area (Å²) in [6.07, 6.45) is 8.82. The topological polar surface area (TPSA) is 81.7 Å². The summed E-state index contributed by atoms with van der Waals surface area (Å²) in [6, 6.07) is 0. The van der Waals surface area contributed by atoms with Crippen LogP contribution in [0.25, 0.3) is 0 Å². The van der Waals surface area contributed by atoms with Gasteiger partial charge in [0.05, 0.1) is 6.54 Å². The van der Waals surface area contributed by atoms with Crippen LogP contribution in [-0.2, 0) is 9.59 Å². The lowest BCUT2D eigenvalue weighted by atomic mass is 9.86. The van der Waals surface area contributed by atoms with Gasteiger partial charge >= 0.3 is 0 Å². The highest BCUT2D eigenvalue weighted by molar-refractivity contribution is 5.86. The molecule has 0 bridgehead atoms. The van der Waals surface area contributed by atoms with Gasteiger partial charge in [0.25, 0.3) is 5.91 Å². The molecule has 0 radical (unpaired) electrons. The number of hydrogen-bond acceptors (Lipinski definition) is 4. The summed E-state index contributed by atoms with van der Waals surface area (Å²) in [5, 5.41) is 16.6. The molecule has 150 valence electrons. The first kappa shape index (κ1) is 21.2. The van der Waals surface area contributed by atoms with Crippen LogP contribution in [-0.4, -0.2) is 59.1 Å². The summed E-state index contributed by atoms with van der Waals surface area (Å²) in [4.78, 5) is 26.5. The van der Waals surface area contributed by atoms with Crippen LogP contribution < -0.4 is 10.6 Å². The van der Waals surface area contributed by atoms with Gasteiger partial charge in [-0.15, -0.1) is 0 Å². The number of rotatable bonds is 7. The highest BCUT2D eigenvalue weighted by atomic mass is 16.3. The highest BCUT2D eigenvalue weighted by Crippen LogP contribution is 2.28. The first-order chi connectivity index (χ1) is 12.2. The fourth-order valence-electron chi connectivity index (χ4n) is 4.10. The first-order valence-corrected chi connectivity index (χ1v) is 10.2. The standard InChI is InChI=1S/C20H37N3O3/c1-19(2,3)22-17(24)14-21-15-20(26)11-7-12-23(18(20)25)13-10-16-8-5-4-6-9-16/h16,21,26H,4-15H2,1-3H3,(H,22,24). The molecule has 1 aliphatic heterocycles. The largest absolute Gasteiger partial charge is 0.379 e. The van der Waals surface area contributed by atoms with Crippen molar-refractivity contribution in [2.24, 2.45) is 5.92 Å². The van der Waals surface area contributed by atoms with E-state index in [1.807, 2.05) is 25.7 Å². The zero-order chi connectivity index (χ0) is 19.2. The lowest BCUT2D eigenvalue weighted by Crippen LogP contribution is -2.59. The van der Waals surface area contributed by atoms with Crippen LogP contribution >= 0.6 is 0 Å². The van der Waals surface area contributed by atoms with Crippen LogP contribution in [0.15, 0.2) is 0 Å². The molecule has 2 rings (SSSR count). The first-order valence-electron chi connectivity index (χ1n) is 10.2. The molecule has 3 N–H and O–H groups in total. The molecule has 26 heavy (non-hydrogen) atoms. The lowest BCUT2D eigenvalue weighted by Gasteiger charge is -2.39. The smallest absolute Gasteiger partial charge is 0.255 e. The van der Waals surface area contributed by atoms with E-state index in [-0.39, 0.29) is 30.4 Å². The van der Waals surface area contributed by atoms with Crippen molar-refractivity contribution >= 4 is 11.8 Å². The zero-order valence-electron chi connectivity index (χ0n) is 16.8. The maximum atomic E-state index is 12.8. The van der Waals surface area contributed by atoms with E-state index >= 15 is 0 Å². The number of nitrogens with zero attached hydrogens (tertiary/aromatic N) is 1. The van der Waals surface area contributed by atoms with Crippen LogP contribution in [0.2, 0.25) is 0 Å². The van der Waals surface area contributed by atoms with Gasteiger partial charge in [0.2, 0.25) is 5.91 Å². The van der Waals surface area contributed by atoms with E-state index in [1.165, 1.54) is 32.1 Å². The molecule has 0 aromatic carbocycles. The predicted molar refractivity (Wildman–Crippen MR) is 103 cm³/mol. The van der Waals surface area contributed by atoms with Crippen molar-refractivity contribution < 1.29 is 14.7 Å². The second kappa shape index (κ2) is 9.18. The highest BCUT2D eigenvalue weighted by Gasteiger charge is 2.41. The van der Waals surface area contributed by atoms with Crippen molar-refractivity contribution in [1.82, 2.24) is 15.5 Å². The van der Waals surface area contributed by atoms with E-state index in [2.05, 4.69) is 10.6 Å². The molecular weight excluding hydrogens is 330 g/mol. The van der Waals surface area contributed by atoms with Gasteiger partial charge in [-0.1, -0.05) is 32.1 Å². The van der Waals surface area contributed by atoms with Crippen molar-refractivity contribution in [3.05, 3.63) is 0 Å². The SMILES string of the molecule is CC(C)(C)NC(=O)CNCC1(O)CCCN(CCC2CCCCC2)C1=O. The quantitative estimate of drug-likeness (QED) is 0.641. The van der Waals surface area contributed by atoms with E-state index in [1.54, 1.807) is 0 Å². The van der Waals surface area contributed by atoms with Crippen LogP contribution in [0.3, 0.4) is 0 Å². The van der Waals surface area contributed by atoms with Crippen molar-refractivity contribution in [3.8, 4) is 0 Å². The van der Waals surface area contributed by atoms with Crippen LogP contribution in [0.5, 0.6) is 0 Å². The molecule has 0 aromatic heterocycles. The Labute approximate surface area is 158 Å². The van der Waals surface area contributed by atoms with Crippen molar-refractivity contribution in [1.29, 1.82) is 0 Å². The third-order valence-corrected chi connectivity index (χ3v) is 5.45. The fourth-order valence-corrected chi connectivity index (χ4v) is 4.10. The number of hydrogen-bond donors (Lipinski definition) is 3. The van der Waals surface area contributed by atoms with Gasteiger partial charge in [0, 0.05) is 25.2 Å². The van der Waals surface area contributed by atoms with Gasteiger partial charge < -0.3 is 20.6 Å². The summed E-state index contributed by atoms with van der Waals surface area (Å²) in [5.74, 6) is 0.424. The molecule has 2 fully saturated rings. The molecule has 1 heterocycles. The minimum absolute atomic E-state index is 0.106. The number of likely N-dealkylation sites (tertiary alicyclic amines) is 1. The summed E-state index contributed by atoms with van der Waals surface area (Å²) < 4.78 is 0. The molecule has 6 heteroatoms. The molecule has 1 aliphatic carbocycles. The number of carbonyl (C=O) groups excluding carboxylic acids is 2. The summed E-state index contributed by atoms with van der Waals surface area (Å²) in [7, 11) is 0. The van der Waals surface area contributed by atoms with Crippen molar-refractivity contribution in [2.45, 2.75) is 83.3 Å². The van der Waals surface area contributed by atoms with Crippen LogP contribution in [0.1, 0.15) is 72.1 Å². The molecule has 1 unspecified atom stereocenters. The van der Waals surface area contributed by atoms with Crippen LogP contribution in [0.4, 0.5) is 0 Å². The van der Waals surface area contributed by atoms with E-state index in [0.29, 0.717) is 6.42 Å². The molecule has 1 saturated heterocycles. The Hall–Kier alpha value is -1.14. The fraction of sp³-hybridized carbons (Fsp3) is 0.900. The zero-order valence-corrected chi connectivity index (χ0v) is 16.8. The Morgan fingerprint density at radius 2 is 1.92 bits per heavy atom. The van der Waals surface area contributed by atoms with E-state index in [9.17, 15) is 14.7 Å². The third-order valence-electron chi connectivity index (χ3n) is 5.45. The molecule has 6 nitrogen and oxygen atoms in total. The average Bonchev–Trinajstić information content (AvgIpc) is 2.56. The van der Waals surface area contributed by atoms with Crippen LogP contribution in [0, 0.1) is 5.92 Å². The molecule has 1 atom stereocenters. The van der Waals surface area contributed by atoms with Gasteiger partial charge in [-0.05, 0) is 46.0 Å². The van der Waals surface area contributed by atoms with Gasteiger partial charge in [-0.2, -0.15) is 0 Å². The third kappa shape index (κ3) is 6.54. The minimum atomic E-state index is -1.38. The summed E-state index contributed by atoms with van der Waals surface area (Å²) >= 11 is 0. The second-order valence-electron chi connectivity index (χ2n) is 9.12. The average molecular weight is 368 g/mol. The molecule has 1 saturated carbocycles. The normalized spacial score (nSPS) is 25.4. The maximum absolute atomic E-state index is 12.8. The van der Waals surface area contributed by atoms with E-state index in [0.717, 1.165) is 31.8 Å².